The number of rotatable bonds is 8. The third-order valence-electron chi connectivity index (χ3n) is 4.06. The predicted octanol–water partition coefficient (Wildman–Crippen LogP) is 4.78. The molecule has 0 aliphatic carbocycles. The van der Waals surface area contributed by atoms with E-state index in [1.165, 1.54) is 9.77 Å². The molecule has 0 unspecified atom stereocenters. The van der Waals surface area contributed by atoms with Crippen molar-refractivity contribution in [2.75, 3.05) is 6.54 Å². The Kier molecular flexibility index (Phi) is 6.74. The molecule has 0 spiro atoms. The van der Waals surface area contributed by atoms with Crippen molar-refractivity contribution in [2.45, 2.75) is 43.9 Å². The maximum Gasteiger partial charge on any atom is 0.224 e. The first-order chi connectivity index (χ1) is 13.0. The highest BCUT2D eigenvalue weighted by Crippen LogP contribution is 2.24. The van der Waals surface area contributed by atoms with E-state index in [-0.39, 0.29) is 5.91 Å². The second-order valence-electron chi connectivity index (χ2n) is 6.71. The fourth-order valence-corrected chi connectivity index (χ4v) is 4.31. The van der Waals surface area contributed by atoms with Crippen LogP contribution in [0.3, 0.4) is 0 Å². The molecule has 0 fully saturated rings. The van der Waals surface area contributed by atoms with E-state index in [2.05, 4.69) is 53.9 Å². The summed E-state index contributed by atoms with van der Waals surface area (Å²) in [5.41, 5.74) is 3.13. The van der Waals surface area contributed by atoms with E-state index < -0.39 is 0 Å². The van der Waals surface area contributed by atoms with Crippen molar-refractivity contribution in [1.82, 2.24) is 15.1 Å². The Hall–Kier alpha value is -2.05. The van der Waals surface area contributed by atoms with Crippen LogP contribution in [0.2, 0.25) is 0 Å². The Morgan fingerprint density at radius 2 is 2.04 bits per heavy atom. The molecule has 142 valence electrons. The van der Waals surface area contributed by atoms with E-state index in [0.29, 0.717) is 24.8 Å². The average molecular weight is 400 g/mol. The number of thioether (sulfide) groups is 1. The number of hydrogen-bond acceptors (Lipinski definition) is 4. The Labute approximate surface area is 169 Å². The summed E-state index contributed by atoms with van der Waals surface area (Å²) < 4.78 is 1.95. The number of thiophene rings is 1. The standard InChI is InChI=1S/C21H25N3OS2/c1-15(2)27-18-8-6-17(7-9-18)14-21(25)22-10-11-24-16(3)13-19(23-24)20-5-4-12-26-20/h4-9,12-13,15H,10-11,14H2,1-3H3,(H,22,25). The molecule has 1 amide bonds. The zero-order valence-electron chi connectivity index (χ0n) is 15.9. The van der Waals surface area contributed by atoms with Gasteiger partial charge in [-0.1, -0.05) is 32.0 Å². The Morgan fingerprint density at radius 1 is 1.26 bits per heavy atom. The lowest BCUT2D eigenvalue weighted by Gasteiger charge is -2.08. The van der Waals surface area contributed by atoms with Crippen LogP contribution in [0.1, 0.15) is 25.1 Å². The number of amides is 1. The summed E-state index contributed by atoms with van der Waals surface area (Å²) in [6.07, 6.45) is 0.408. The van der Waals surface area contributed by atoms with E-state index in [0.717, 1.165) is 17.0 Å². The van der Waals surface area contributed by atoms with Crippen LogP contribution in [0.4, 0.5) is 0 Å². The zero-order chi connectivity index (χ0) is 19.2. The molecule has 2 heterocycles. The molecule has 3 aromatic rings. The summed E-state index contributed by atoms with van der Waals surface area (Å²) in [4.78, 5) is 14.6. The first-order valence-electron chi connectivity index (χ1n) is 9.12. The third-order valence-corrected chi connectivity index (χ3v) is 5.97. The van der Waals surface area contributed by atoms with Gasteiger partial charge in [0.1, 0.15) is 5.69 Å². The quantitative estimate of drug-likeness (QED) is 0.555. The van der Waals surface area contributed by atoms with E-state index in [4.69, 9.17) is 0 Å². The number of carbonyl (C=O) groups excluding carboxylic acids is 1. The van der Waals surface area contributed by atoms with Crippen molar-refractivity contribution in [3.63, 3.8) is 0 Å². The molecule has 0 saturated carbocycles. The second-order valence-corrected chi connectivity index (χ2v) is 9.31. The van der Waals surface area contributed by atoms with E-state index in [1.54, 1.807) is 11.3 Å². The number of hydrogen-bond donors (Lipinski definition) is 1. The molecule has 1 aromatic carbocycles. The lowest BCUT2D eigenvalue weighted by molar-refractivity contribution is -0.120. The molecular weight excluding hydrogens is 374 g/mol. The number of carbonyl (C=O) groups is 1. The van der Waals surface area contributed by atoms with Gasteiger partial charge in [0.05, 0.1) is 17.8 Å². The van der Waals surface area contributed by atoms with Crippen molar-refractivity contribution >= 4 is 29.0 Å². The normalized spacial score (nSPS) is 11.1. The van der Waals surface area contributed by atoms with Gasteiger partial charge in [-0.15, -0.1) is 23.1 Å². The van der Waals surface area contributed by atoms with Crippen LogP contribution in [-0.2, 0) is 17.8 Å². The van der Waals surface area contributed by atoms with Gasteiger partial charge >= 0.3 is 0 Å². The maximum absolute atomic E-state index is 12.2. The molecule has 0 bridgehead atoms. The molecule has 0 saturated heterocycles. The van der Waals surface area contributed by atoms with Crippen molar-refractivity contribution in [2.24, 2.45) is 0 Å². The maximum atomic E-state index is 12.2. The number of aryl methyl sites for hydroxylation is 1. The molecule has 2 aromatic heterocycles. The first kappa shape index (κ1) is 19.7. The minimum atomic E-state index is 0.0440. The zero-order valence-corrected chi connectivity index (χ0v) is 17.6. The van der Waals surface area contributed by atoms with Gasteiger partial charge in [0.15, 0.2) is 0 Å². The van der Waals surface area contributed by atoms with E-state index >= 15 is 0 Å². The fourth-order valence-electron chi connectivity index (χ4n) is 2.79. The van der Waals surface area contributed by atoms with E-state index in [1.807, 2.05) is 41.6 Å². The van der Waals surface area contributed by atoms with Crippen LogP contribution in [0.25, 0.3) is 10.6 Å². The lowest BCUT2D eigenvalue weighted by Crippen LogP contribution is -2.29. The molecule has 27 heavy (non-hydrogen) atoms. The van der Waals surface area contributed by atoms with Crippen LogP contribution < -0.4 is 5.32 Å². The summed E-state index contributed by atoms with van der Waals surface area (Å²) in [5, 5.41) is 10.2. The molecule has 4 nitrogen and oxygen atoms in total. The van der Waals surface area contributed by atoms with Crippen molar-refractivity contribution in [3.8, 4) is 10.6 Å². The van der Waals surface area contributed by atoms with Gasteiger partial charge in [-0.2, -0.15) is 5.10 Å². The van der Waals surface area contributed by atoms with Gasteiger partial charge in [0, 0.05) is 22.4 Å². The second kappa shape index (κ2) is 9.24. The number of aromatic nitrogens is 2. The Balaban J connectivity index is 1.47. The first-order valence-corrected chi connectivity index (χ1v) is 10.9. The van der Waals surface area contributed by atoms with E-state index in [9.17, 15) is 4.79 Å². The Bertz CT molecular complexity index is 867. The highest BCUT2D eigenvalue weighted by atomic mass is 32.2. The molecular formula is C21H25N3OS2. The molecule has 1 N–H and O–H groups in total. The average Bonchev–Trinajstić information content (AvgIpc) is 3.26. The minimum Gasteiger partial charge on any atom is -0.354 e. The number of nitrogens with zero attached hydrogens (tertiary/aromatic N) is 2. The van der Waals surface area contributed by atoms with Gasteiger partial charge in [-0.3, -0.25) is 9.48 Å². The van der Waals surface area contributed by atoms with Crippen LogP contribution >= 0.6 is 23.1 Å². The number of benzene rings is 1. The number of nitrogens with one attached hydrogen (secondary N) is 1. The predicted molar refractivity (Wildman–Crippen MR) is 114 cm³/mol. The minimum absolute atomic E-state index is 0.0440. The van der Waals surface area contributed by atoms with Gasteiger partial charge in [-0.05, 0) is 42.1 Å². The summed E-state index contributed by atoms with van der Waals surface area (Å²) >= 11 is 3.52. The summed E-state index contributed by atoms with van der Waals surface area (Å²) in [7, 11) is 0. The lowest BCUT2D eigenvalue weighted by atomic mass is 10.1. The van der Waals surface area contributed by atoms with Crippen molar-refractivity contribution in [3.05, 3.63) is 59.1 Å². The van der Waals surface area contributed by atoms with Crippen LogP contribution in [-0.4, -0.2) is 27.5 Å². The van der Waals surface area contributed by atoms with Crippen LogP contribution in [0.5, 0.6) is 0 Å². The molecule has 3 rings (SSSR count). The van der Waals surface area contributed by atoms with Gasteiger partial charge in [0.2, 0.25) is 5.91 Å². The third kappa shape index (κ3) is 5.71. The summed E-state index contributed by atoms with van der Waals surface area (Å²) in [6.45, 7) is 7.65. The van der Waals surface area contributed by atoms with Gasteiger partial charge in [-0.25, -0.2) is 0 Å². The molecule has 0 radical (unpaired) electrons. The van der Waals surface area contributed by atoms with Crippen molar-refractivity contribution < 1.29 is 4.79 Å². The smallest absolute Gasteiger partial charge is 0.224 e. The van der Waals surface area contributed by atoms with Crippen molar-refractivity contribution in [1.29, 1.82) is 0 Å². The SMILES string of the molecule is Cc1cc(-c2cccs2)nn1CCNC(=O)Cc1ccc(SC(C)C)cc1. The largest absolute Gasteiger partial charge is 0.354 e. The van der Waals surface area contributed by atoms with Crippen LogP contribution in [0.15, 0.2) is 52.7 Å². The summed E-state index contributed by atoms with van der Waals surface area (Å²) in [5.74, 6) is 0.0440. The topological polar surface area (TPSA) is 46.9 Å². The van der Waals surface area contributed by atoms with Gasteiger partial charge < -0.3 is 5.32 Å². The molecule has 0 aliphatic rings. The summed E-state index contributed by atoms with van der Waals surface area (Å²) in [6, 6.07) is 14.4. The molecule has 0 aliphatic heterocycles. The monoisotopic (exact) mass is 399 g/mol. The molecule has 0 atom stereocenters. The van der Waals surface area contributed by atoms with Crippen LogP contribution in [0, 0.1) is 6.92 Å². The highest BCUT2D eigenvalue weighted by molar-refractivity contribution is 7.99. The Morgan fingerprint density at radius 3 is 2.70 bits per heavy atom. The fraction of sp³-hybridized carbons (Fsp3) is 0.333. The highest BCUT2D eigenvalue weighted by Gasteiger charge is 2.08. The van der Waals surface area contributed by atoms with Gasteiger partial charge in [0.25, 0.3) is 0 Å². The molecule has 6 heteroatoms.